The van der Waals surface area contributed by atoms with Crippen LogP contribution in [0.25, 0.3) is 0 Å². The van der Waals surface area contributed by atoms with Crippen molar-refractivity contribution in [1.82, 2.24) is 0 Å². The topological polar surface area (TPSA) is 237 Å². The largest absolute Gasteiger partial charge is 0.472 e. The second-order valence-electron chi connectivity index (χ2n) is 24.6. The van der Waals surface area contributed by atoms with Gasteiger partial charge in [-0.25, -0.2) is 9.13 Å². The average Bonchev–Trinajstić information content (AvgIpc) is 3.61. The van der Waals surface area contributed by atoms with Crippen LogP contribution in [-0.2, 0) is 65.4 Å². The summed E-state index contributed by atoms with van der Waals surface area (Å²) in [7, 11) is -9.87. The van der Waals surface area contributed by atoms with Crippen molar-refractivity contribution < 1.29 is 80.2 Å². The van der Waals surface area contributed by atoms with Crippen molar-refractivity contribution in [2.45, 2.75) is 349 Å². The Morgan fingerprint density at radius 2 is 0.600 bits per heavy atom. The lowest BCUT2D eigenvalue weighted by atomic mass is 9.99. The molecule has 0 aromatic heterocycles. The van der Waals surface area contributed by atoms with E-state index in [4.69, 9.17) is 37.0 Å². The molecule has 6 atom stereocenters. The number of carbonyl (C=O) groups is 4. The van der Waals surface area contributed by atoms with Crippen LogP contribution < -0.4 is 0 Å². The summed E-state index contributed by atoms with van der Waals surface area (Å²) in [5, 5.41) is 10.5. The van der Waals surface area contributed by atoms with Gasteiger partial charge >= 0.3 is 39.5 Å². The number of aliphatic hydroxyl groups is 1. The Kier molecular flexibility index (Phi) is 57.1. The number of esters is 4. The van der Waals surface area contributed by atoms with Gasteiger partial charge in [0.25, 0.3) is 0 Å². The molecule has 0 fully saturated rings. The minimum absolute atomic E-state index is 0.0987. The summed E-state index contributed by atoms with van der Waals surface area (Å²) in [5.41, 5.74) is 0. The molecular formula is C66H128O17P2. The Morgan fingerprint density at radius 3 is 0.894 bits per heavy atom. The molecule has 85 heavy (non-hydrogen) atoms. The Morgan fingerprint density at radius 1 is 0.341 bits per heavy atom. The molecule has 0 saturated heterocycles. The third-order valence-electron chi connectivity index (χ3n) is 15.6. The zero-order valence-electron chi connectivity index (χ0n) is 54.9. The van der Waals surface area contributed by atoms with Crippen LogP contribution >= 0.6 is 15.6 Å². The third-order valence-corrected chi connectivity index (χ3v) is 17.5. The maximum Gasteiger partial charge on any atom is 0.472 e. The number of hydrogen-bond donors (Lipinski definition) is 3. The van der Waals surface area contributed by atoms with Crippen molar-refractivity contribution in [2.75, 3.05) is 39.6 Å². The van der Waals surface area contributed by atoms with E-state index < -0.39 is 97.5 Å². The van der Waals surface area contributed by atoms with E-state index in [9.17, 15) is 43.2 Å². The zero-order valence-corrected chi connectivity index (χ0v) is 56.7. The highest BCUT2D eigenvalue weighted by molar-refractivity contribution is 7.47. The van der Waals surface area contributed by atoms with Gasteiger partial charge < -0.3 is 33.8 Å². The second kappa shape index (κ2) is 58.4. The van der Waals surface area contributed by atoms with E-state index in [0.717, 1.165) is 108 Å². The fraction of sp³-hybridized carbons (Fsp3) is 0.939. The number of ether oxygens (including phenoxy) is 4. The highest BCUT2D eigenvalue weighted by Crippen LogP contribution is 2.45. The minimum atomic E-state index is -4.94. The molecule has 3 N–H and O–H groups in total. The Bertz CT molecular complexity index is 1670. The van der Waals surface area contributed by atoms with Crippen LogP contribution in [0.3, 0.4) is 0 Å². The highest BCUT2D eigenvalue weighted by Gasteiger charge is 2.30. The monoisotopic (exact) mass is 1250 g/mol. The summed E-state index contributed by atoms with van der Waals surface area (Å²) in [6.45, 7) is 9.38. The first-order valence-corrected chi connectivity index (χ1v) is 37.5. The molecule has 19 heteroatoms. The van der Waals surface area contributed by atoms with Gasteiger partial charge in [0.1, 0.15) is 19.3 Å². The minimum Gasteiger partial charge on any atom is -0.462 e. The van der Waals surface area contributed by atoms with E-state index in [2.05, 4.69) is 41.5 Å². The summed E-state index contributed by atoms with van der Waals surface area (Å²) in [6.07, 6.45) is 42.6. The summed E-state index contributed by atoms with van der Waals surface area (Å²) in [5.74, 6) is -0.525. The first-order chi connectivity index (χ1) is 40.9. The van der Waals surface area contributed by atoms with Crippen LogP contribution in [0.5, 0.6) is 0 Å². The van der Waals surface area contributed by atoms with E-state index in [1.165, 1.54) is 141 Å². The highest BCUT2D eigenvalue weighted by atomic mass is 31.2. The molecule has 0 saturated carbocycles. The van der Waals surface area contributed by atoms with Gasteiger partial charge in [0.05, 0.1) is 26.4 Å². The molecular weight excluding hydrogens is 1130 g/mol. The van der Waals surface area contributed by atoms with Gasteiger partial charge in [-0.05, 0) is 37.5 Å². The van der Waals surface area contributed by atoms with Crippen molar-refractivity contribution in [1.29, 1.82) is 0 Å². The summed E-state index contributed by atoms with van der Waals surface area (Å²) in [6, 6.07) is 0. The first-order valence-electron chi connectivity index (χ1n) is 34.5. The number of unbranched alkanes of at least 4 members (excludes halogenated alkanes) is 34. The smallest absolute Gasteiger partial charge is 0.462 e. The van der Waals surface area contributed by atoms with Gasteiger partial charge in [-0.15, -0.1) is 0 Å². The molecule has 0 spiro atoms. The van der Waals surface area contributed by atoms with Crippen molar-refractivity contribution >= 4 is 39.5 Å². The van der Waals surface area contributed by atoms with Crippen LogP contribution in [0.4, 0.5) is 0 Å². The van der Waals surface area contributed by atoms with E-state index in [1.807, 2.05) is 0 Å². The molecule has 0 aromatic carbocycles. The molecule has 0 aliphatic carbocycles. The lowest BCUT2D eigenvalue weighted by Crippen LogP contribution is -2.30. The lowest BCUT2D eigenvalue weighted by Gasteiger charge is -2.21. The van der Waals surface area contributed by atoms with Gasteiger partial charge in [-0.1, -0.05) is 279 Å². The number of hydrogen-bond acceptors (Lipinski definition) is 15. The third kappa shape index (κ3) is 59.5. The van der Waals surface area contributed by atoms with Gasteiger partial charge in [-0.2, -0.15) is 0 Å². The SMILES string of the molecule is CCCCCCCC(=O)OC[C@H](COP(=O)(O)OC[C@H](O)COP(=O)(O)OC[C@@H](COC(=O)CCCCCCCCCCCCC(C)C)OC(=O)CCCCCCCCCCCCCCCCCCCCC(C)CC)OC(=O)CCCCCCC. The van der Waals surface area contributed by atoms with Crippen molar-refractivity contribution in [2.24, 2.45) is 11.8 Å². The number of carbonyl (C=O) groups excluding carboxylic acids is 4. The molecule has 0 radical (unpaired) electrons. The van der Waals surface area contributed by atoms with Crippen LogP contribution in [0.15, 0.2) is 0 Å². The average molecular weight is 1260 g/mol. The molecule has 0 rings (SSSR count). The predicted molar refractivity (Wildman–Crippen MR) is 340 cm³/mol. The fourth-order valence-electron chi connectivity index (χ4n) is 9.85. The van der Waals surface area contributed by atoms with Crippen LogP contribution in [-0.4, -0.2) is 96.7 Å². The molecule has 0 amide bonds. The van der Waals surface area contributed by atoms with Crippen molar-refractivity contribution in [3.63, 3.8) is 0 Å². The maximum atomic E-state index is 13.0. The molecule has 0 aliphatic heterocycles. The summed E-state index contributed by atoms with van der Waals surface area (Å²) in [4.78, 5) is 71.7. The van der Waals surface area contributed by atoms with Gasteiger partial charge in [-0.3, -0.25) is 37.3 Å². The summed E-state index contributed by atoms with van der Waals surface area (Å²) < 4.78 is 67.6. The van der Waals surface area contributed by atoms with E-state index in [1.54, 1.807) is 0 Å². The van der Waals surface area contributed by atoms with Crippen LogP contribution in [0.2, 0.25) is 0 Å². The normalized spacial score (nSPS) is 14.6. The maximum absolute atomic E-state index is 13.0. The van der Waals surface area contributed by atoms with Crippen molar-refractivity contribution in [3.8, 4) is 0 Å². The molecule has 17 nitrogen and oxygen atoms in total. The Labute approximate surface area is 517 Å². The van der Waals surface area contributed by atoms with Crippen molar-refractivity contribution in [3.05, 3.63) is 0 Å². The van der Waals surface area contributed by atoms with Gasteiger partial charge in [0.15, 0.2) is 12.2 Å². The predicted octanol–water partition coefficient (Wildman–Crippen LogP) is 18.4. The van der Waals surface area contributed by atoms with Gasteiger partial charge in [0.2, 0.25) is 0 Å². The lowest BCUT2D eigenvalue weighted by molar-refractivity contribution is -0.161. The fourth-order valence-corrected chi connectivity index (χ4v) is 11.4. The number of phosphoric acid groups is 2. The zero-order chi connectivity index (χ0) is 62.9. The van der Waals surface area contributed by atoms with E-state index in [-0.39, 0.29) is 25.7 Å². The Hall–Kier alpha value is -1.94. The van der Waals surface area contributed by atoms with E-state index in [0.29, 0.717) is 25.7 Å². The molecule has 0 aromatic rings. The standard InChI is InChI=1S/C66H128O17P2/c1-7-10-12-34-42-48-63(68)76-54-61(82-65(70)50-44-35-13-11-8-2)56-80-84(72,73)78-52-60(67)53-79-85(74,75)81-57-62(55-77-64(69)49-43-38-32-28-25-24-26-30-36-40-46-58(4)5)83-66(71)51-45-39-33-29-23-21-19-17-15-14-16-18-20-22-27-31-37-41-47-59(6)9-3/h58-62,67H,7-57H2,1-6H3,(H,72,73)(H,74,75)/t59?,60-,61+,62+/m0/s1. The molecule has 0 bridgehead atoms. The molecule has 0 aliphatic rings. The second-order valence-corrected chi connectivity index (χ2v) is 27.5. The number of rotatable bonds is 65. The Balaban J connectivity index is 5.03. The molecule has 0 heterocycles. The number of phosphoric ester groups is 2. The quantitative estimate of drug-likeness (QED) is 0.0222. The molecule has 3 unspecified atom stereocenters. The van der Waals surface area contributed by atoms with E-state index >= 15 is 0 Å². The number of aliphatic hydroxyl groups excluding tert-OH is 1. The van der Waals surface area contributed by atoms with Crippen LogP contribution in [0.1, 0.15) is 330 Å². The van der Waals surface area contributed by atoms with Crippen LogP contribution in [0, 0.1) is 11.8 Å². The van der Waals surface area contributed by atoms with Gasteiger partial charge in [0, 0.05) is 25.7 Å². The molecule has 504 valence electrons. The summed E-state index contributed by atoms with van der Waals surface area (Å²) >= 11 is 0. The first kappa shape index (κ1) is 83.1.